The summed E-state index contributed by atoms with van der Waals surface area (Å²) in [5, 5.41) is 9.65. The number of esters is 2. The first-order valence-corrected chi connectivity index (χ1v) is 27.4. The minimum atomic E-state index is -0.786. The van der Waals surface area contributed by atoms with E-state index in [1.165, 1.54) is 128 Å². The van der Waals surface area contributed by atoms with E-state index in [0.717, 1.165) is 89.9 Å². The second-order valence-corrected chi connectivity index (χ2v) is 17.9. The summed E-state index contributed by atoms with van der Waals surface area (Å²) in [5.41, 5.74) is 0. The topological polar surface area (TPSA) is 72.8 Å². The predicted molar refractivity (Wildman–Crippen MR) is 288 cm³/mol. The summed E-state index contributed by atoms with van der Waals surface area (Å²) in [6.45, 7) is 4.01. The van der Waals surface area contributed by atoms with Crippen LogP contribution < -0.4 is 0 Å². The SMILES string of the molecule is CC/C=C\C/C=C\C/C=C\C/C=C\C/C=C\C/C=C\CCCCCCCCCCCCC(=O)OC(CO)COC(=O)CCCCCCCCCC/C=C\C/C=C\C/C=C\CCCCCCC. The molecule has 0 aromatic heterocycles. The van der Waals surface area contributed by atoms with Gasteiger partial charge in [0.2, 0.25) is 0 Å². The number of ether oxygens (including phenoxy) is 2. The number of allylic oxidation sites excluding steroid dienone is 18. The van der Waals surface area contributed by atoms with E-state index >= 15 is 0 Å². The van der Waals surface area contributed by atoms with Crippen LogP contribution in [0, 0.1) is 0 Å². The summed E-state index contributed by atoms with van der Waals surface area (Å²) in [7, 11) is 0. The summed E-state index contributed by atoms with van der Waals surface area (Å²) in [5.74, 6) is -0.606. The van der Waals surface area contributed by atoms with Crippen molar-refractivity contribution in [1.82, 2.24) is 0 Å². The molecule has 0 saturated heterocycles. The van der Waals surface area contributed by atoms with Gasteiger partial charge in [0, 0.05) is 12.8 Å². The molecule has 0 fully saturated rings. The number of hydrogen-bond acceptors (Lipinski definition) is 5. The number of carbonyl (C=O) groups is 2. The summed E-state index contributed by atoms with van der Waals surface area (Å²) >= 11 is 0. The van der Waals surface area contributed by atoms with E-state index in [4.69, 9.17) is 9.47 Å². The lowest BCUT2D eigenvalue weighted by Crippen LogP contribution is -2.28. The average molecular weight is 915 g/mol. The first-order valence-electron chi connectivity index (χ1n) is 27.4. The first-order chi connectivity index (χ1) is 32.6. The monoisotopic (exact) mass is 915 g/mol. The Kier molecular flexibility index (Phi) is 53.0. The Labute approximate surface area is 408 Å². The van der Waals surface area contributed by atoms with Crippen molar-refractivity contribution < 1.29 is 24.2 Å². The molecule has 0 spiro atoms. The Hall–Kier alpha value is -3.44. The summed E-state index contributed by atoms with van der Waals surface area (Å²) in [6.07, 6.45) is 80.4. The molecule has 0 saturated carbocycles. The number of aliphatic hydroxyl groups excluding tert-OH is 1. The smallest absolute Gasteiger partial charge is 0.306 e. The number of carbonyl (C=O) groups excluding carboxylic acids is 2. The van der Waals surface area contributed by atoms with Crippen molar-refractivity contribution in [2.45, 2.75) is 251 Å². The molecule has 0 aliphatic heterocycles. The highest BCUT2D eigenvalue weighted by atomic mass is 16.6. The molecule has 1 atom stereocenters. The van der Waals surface area contributed by atoms with Gasteiger partial charge in [0.05, 0.1) is 6.61 Å². The zero-order valence-corrected chi connectivity index (χ0v) is 42.9. The predicted octanol–water partition coefficient (Wildman–Crippen LogP) is 18.5. The van der Waals surface area contributed by atoms with Crippen molar-refractivity contribution >= 4 is 11.9 Å². The van der Waals surface area contributed by atoms with Crippen LogP contribution in [0.4, 0.5) is 0 Å². The van der Waals surface area contributed by atoms with Crippen LogP contribution in [0.5, 0.6) is 0 Å². The Morgan fingerprint density at radius 3 is 0.985 bits per heavy atom. The summed E-state index contributed by atoms with van der Waals surface area (Å²) < 4.78 is 10.7. The highest BCUT2D eigenvalue weighted by molar-refractivity contribution is 5.70. The highest BCUT2D eigenvalue weighted by Gasteiger charge is 2.16. The largest absolute Gasteiger partial charge is 0.462 e. The van der Waals surface area contributed by atoms with Gasteiger partial charge < -0.3 is 14.6 Å². The minimum absolute atomic E-state index is 0.0770. The van der Waals surface area contributed by atoms with E-state index in [1.54, 1.807) is 0 Å². The van der Waals surface area contributed by atoms with E-state index in [0.29, 0.717) is 12.8 Å². The summed E-state index contributed by atoms with van der Waals surface area (Å²) in [4.78, 5) is 24.5. The summed E-state index contributed by atoms with van der Waals surface area (Å²) in [6, 6.07) is 0. The van der Waals surface area contributed by atoms with E-state index in [2.05, 4.69) is 123 Å². The molecular formula is C61H102O5. The number of unbranched alkanes of at least 4 members (excludes halogenated alkanes) is 23. The van der Waals surface area contributed by atoms with Gasteiger partial charge in [0.15, 0.2) is 6.10 Å². The van der Waals surface area contributed by atoms with Crippen molar-refractivity contribution in [3.8, 4) is 0 Å². The number of rotatable bonds is 49. The fourth-order valence-corrected chi connectivity index (χ4v) is 7.45. The minimum Gasteiger partial charge on any atom is -0.462 e. The molecule has 5 nitrogen and oxygen atoms in total. The van der Waals surface area contributed by atoms with Gasteiger partial charge in [0.25, 0.3) is 0 Å². The maximum Gasteiger partial charge on any atom is 0.306 e. The Bertz CT molecular complexity index is 1310. The zero-order chi connectivity index (χ0) is 47.7. The molecule has 376 valence electrons. The van der Waals surface area contributed by atoms with Gasteiger partial charge in [-0.15, -0.1) is 0 Å². The molecule has 1 N–H and O–H groups in total. The Balaban J connectivity index is 3.56. The van der Waals surface area contributed by atoms with Gasteiger partial charge in [-0.1, -0.05) is 239 Å². The van der Waals surface area contributed by atoms with Crippen LogP contribution in [0.1, 0.15) is 245 Å². The number of hydrogen-bond donors (Lipinski definition) is 1. The Morgan fingerprint density at radius 1 is 0.364 bits per heavy atom. The van der Waals surface area contributed by atoms with Gasteiger partial charge in [-0.05, 0) is 103 Å². The van der Waals surface area contributed by atoms with Crippen molar-refractivity contribution in [3.63, 3.8) is 0 Å². The van der Waals surface area contributed by atoms with Crippen molar-refractivity contribution in [1.29, 1.82) is 0 Å². The molecule has 0 aromatic carbocycles. The van der Waals surface area contributed by atoms with Crippen LogP contribution >= 0.6 is 0 Å². The standard InChI is InChI=1S/C61H102O5/c1-3-5-7-9-11-13-15-17-19-21-23-25-27-28-29-30-31-32-34-36-38-40-42-44-46-48-50-52-54-56-61(64)66-59(57-62)58-65-60(63)55-53-51-49-47-45-43-41-39-37-35-33-26-24-22-20-18-16-14-12-10-8-6-4-2/h5,7,11,13,16-19,22-25,28-29,31-33,35,59,62H,3-4,6,8-10,12,14-15,20-21,26-27,30,34,36-58H2,1-2H3/b7-5-,13-11-,18-16-,19-17-,24-22-,25-23-,29-28-,32-31-,35-33-. The normalized spacial score (nSPS) is 13.1. The lowest BCUT2D eigenvalue weighted by molar-refractivity contribution is -0.161. The average Bonchev–Trinajstić information content (AvgIpc) is 3.32. The van der Waals surface area contributed by atoms with Crippen LogP contribution in [0.2, 0.25) is 0 Å². The van der Waals surface area contributed by atoms with Gasteiger partial charge in [-0.2, -0.15) is 0 Å². The fraction of sp³-hybridized carbons (Fsp3) is 0.672. The lowest BCUT2D eigenvalue weighted by atomic mass is 10.0. The maximum absolute atomic E-state index is 12.3. The highest BCUT2D eigenvalue weighted by Crippen LogP contribution is 2.14. The molecule has 0 bridgehead atoms. The van der Waals surface area contributed by atoms with Crippen LogP contribution in [0.3, 0.4) is 0 Å². The van der Waals surface area contributed by atoms with E-state index in [-0.39, 0.29) is 25.2 Å². The molecule has 0 aromatic rings. The molecule has 66 heavy (non-hydrogen) atoms. The molecule has 0 radical (unpaired) electrons. The lowest BCUT2D eigenvalue weighted by Gasteiger charge is -2.15. The van der Waals surface area contributed by atoms with Gasteiger partial charge in [-0.3, -0.25) is 9.59 Å². The van der Waals surface area contributed by atoms with Crippen molar-refractivity contribution in [2.75, 3.05) is 13.2 Å². The Morgan fingerprint density at radius 2 is 0.652 bits per heavy atom. The van der Waals surface area contributed by atoms with Crippen molar-refractivity contribution in [3.05, 3.63) is 109 Å². The van der Waals surface area contributed by atoms with Crippen LogP contribution in [0.15, 0.2) is 109 Å². The third-order valence-corrected chi connectivity index (χ3v) is 11.6. The molecule has 5 heteroatoms. The van der Waals surface area contributed by atoms with E-state index < -0.39 is 6.10 Å². The molecule has 1 unspecified atom stereocenters. The second-order valence-electron chi connectivity index (χ2n) is 17.9. The fourth-order valence-electron chi connectivity index (χ4n) is 7.45. The maximum atomic E-state index is 12.3. The molecular weight excluding hydrogens is 813 g/mol. The zero-order valence-electron chi connectivity index (χ0n) is 42.9. The van der Waals surface area contributed by atoms with Crippen molar-refractivity contribution in [2.24, 2.45) is 0 Å². The van der Waals surface area contributed by atoms with Crippen LogP contribution in [0.25, 0.3) is 0 Å². The van der Waals surface area contributed by atoms with E-state index in [9.17, 15) is 14.7 Å². The quantitative estimate of drug-likeness (QED) is 0.0374. The molecule has 0 amide bonds. The second kappa shape index (κ2) is 55.9. The molecule has 0 aliphatic rings. The van der Waals surface area contributed by atoms with Gasteiger partial charge in [0.1, 0.15) is 6.61 Å². The van der Waals surface area contributed by atoms with E-state index in [1.807, 2.05) is 0 Å². The van der Waals surface area contributed by atoms with Crippen LogP contribution in [-0.4, -0.2) is 36.4 Å². The molecule has 0 aliphatic carbocycles. The first kappa shape index (κ1) is 62.6. The van der Waals surface area contributed by atoms with Gasteiger partial charge in [-0.25, -0.2) is 0 Å². The third-order valence-electron chi connectivity index (χ3n) is 11.6. The third kappa shape index (κ3) is 53.2. The molecule has 0 heterocycles. The number of aliphatic hydroxyl groups is 1. The molecule has 0 rings (SSSR count). The van der Waals surface area contributed by atoms with Crippen LogP contribution in [-0.2, 0) is 19.1 Å². The van der Waals surface area contributed by atoms with Gasteiger partial charge >= 0.3 is 11.9 Å².